The fourth-order valence-electron chi connectivity index (χ4n) is 2.84. The summed E-state index contributed by atoms with van der Waals surface area (Å²) in [5.74, 6) is -3.27. The Balaban J connectivity index is 2.12. The number of rotatable bonds is 4. The van der Waals surface area contributed by atoms with Gasteiger partial charge >= 0.3 is 5.97 Å². The number of benzene rings is 1. The van der Waals surface area contributed by atoms with Gasteiger partial charge in [-0.2, -0.15) is 0 Å². The van der Waals surface area contributed by atoms with Gasteiger partial charge in [0.25, 0.3) is 0 Å². The molecular formula is C17H19ClFNO3. The van der Waals surface area contributed by atoms with E-state index in [1.807, 2.05) is 13.8 Å². The first-order chi connectivity index (χ1) is 10.8. The fraction of sp³-hybridized carbons (Fsp3) is 0.412. The number of hydrogen-bond acceptors (Lipinski definition) is 2. The summed E-state index contributed by atoms with van der Waals surface area (Å²) in [5.41, 5.74) is 2.25. The largest absolute Gasteiger partial charge is 0.481 e. The predicted octanol–water partition coefficient (Wildman–Crippen LogP) is 3.54. The van der Waals surface area contributed by atoms with E-state index in [0.717, 1.165) is 11.1 Å². The van der Waals surface area contributed by atoms with Gasteiger partial charge < -0.3 is 10.4 Å². The monoisotopic (exact) mass is 339 g/mol. The molecule has 0 saturated carbocycles. The second-order valence-corrected chi connectivity index (χ2v) is 6.35. The highest BCUT2D eigenvalue weighted by molar-refractivity contribution is 6.31. The average molecular weight is 340 g/mol. The number of amides is 1. The third kappa shape index (κ3) is 3.91. The van der Waals surface area contributed by atoms with Crippen LogP contribution < -0.4 is 5.32 Å². The van der Waals surface area contributed by atoms with E-state index in [0.29, 0.717) is 12.8 Å². The second kappa shape index (κ2) is 7.13. The molecule has 1 aromatic rings. The van der Waals surface area contributed by atoms with E-state index in [2.05, 4.69) is 5.32 Å². The lowest BCUT2D eigenvalue weighted by Crippen LogP contribution is -2.40. The zero-order valence-corrected chi connectivity index (χ0v) is 13.8. The number of carbonyl (C=O) groups is 2. The fourth-order valence-corrected chi connectivity index (χ4v) is 3.07. The van der Waals surface area contributed by atoms with Crippen LogP contribution in [0, 0.1) is 17.7 Å². The van der Waals surface area contributed by atoms with Gasteiger partial charge in [0, 0.05) is 17.1 Å². The lowest BCUT2D eigenvalue weighted by molar-refractivity contribution is -0.147. The normalized spacial score (nSPS) is 21.2. The first-order valence-corrected chi connectivity index (χ1v) is 7.77. The van der Waals surface area contributed by atoms with Crippen molar-refractivity contribution >= 4 is 23.5 Å². The summed E-state index contributed by atoms with van der Waals surface area (Å²) in [7, 11) is 0. The van der Waals surface area contributed by atoms with Gasteiger partial charge in [-0.3, -0.25) is 9.59 Å². The van der Waals surface area contributed by atoms with E-state index in [1.165, 1.54) is 12.1 Å². The highest BCUT2D eigenvalue weighted by Gasteiger charge is 2.37. The number of aliphatic carboxylic acids is 1. The quantitative estimate of drug-likeness (QED) is 0.824. The zero-order chi connectivity index (χ0) is 17.1. The molecule has 0 unspecified atom stereocenters. The molecule has 0 aromatic heterocycles. The van der Waals surface area contributed by atoms with Crippen molar-refractivity contribution in [1.29, 1.82) is 0 Å². The van der Waals surface area contributed by atoms with E-state index in [-0.39, 0.29) is 23.0 Å². The van der Waals surface area contributed by atoms with Gasteiger partial charge in [-0.15, -0.1) is 0 Å². The van der Waals surface area contributed by atoms with Crippen LogP contribution in [0.15, 0.2) is 29.3 Å². The Morgan fingerprint density at radius 2 is 1.87 bits per heavy atom. The second-order valence-electron chi connectivity index (χ2n) is 5.94. The Kier molecular flexibility index (Phi) is 5.42. The Morgan fingerprint density at radius 3 is 2.43 bits per heavy atom. The SMILES string of the molecule is CC1=C(C)C[C@@H](C(=O)NCc2c(F)cccc2Cl)[C@H](C(=O)O)C1. The number of allylic oxidation sites excluding steroid dienone is 2. The smallest absolute Gasteiger partial charge is 0.307 e. The van der Waals surface area contributed by atoms with Gasteiger partial charge in [0.1, 0.15) is 5.82 Å². The Bertz CT molecular complexity index is 652. The van der Waals surface area contributed by atoms with E-state index in [9.17, 15) is 19.1 Å². The lowest BCUT2D eigenvalue weighted by atomic mass is 9.76. The van der Waals surface area contributed by atoms with Crippen LogP contribution in [0.5, 0.6) is 0 Å². The molecule has 1 aliphatic carbocycles. The summed E-state index contributed by atoms with van der Waals surface area (Å²) in [4.78, 5) is 23.8. The molecule has 1 aromatic carbocycles. The van der Waals surface area contributed by atoms with Gasteiger partial charge in [0.2, 0.25) is 5.91 Å². The molecule has 0 radical (unpaired) electrons. The summed E-state index contributed by atoms with van der Waals surface area (Å²) >= 11 is 5.93. The van der Waals surface area contributed by atoms with Gasteiger partial charge in [-0.1, -0.05) is 28.8 Å². The maximum absolute atomic E-state index is 13.7. The van der Waals surface area contributed by atoms with Gasteiger partial charge in [0.05, 0.1) is 11.8 Å². The number of hydrogen-bond donors (Lipinski definition) is 2. The molecule has 2 atom stereocenters. The average Bonchev–Trinajstić information content (AvgIpc) is 2.48. The highest BCUT2D eigenvalue weighted by Crippen LogP contribution is 2.34. The maximum Gasteiger partial charge on any atom is 0.307 e. The molecule has 4 nitrogen and oxygen atoms in total. The number of nitrogens with one attached hydrogen (secondary N) is 1. The summed E-state index contributed by atoms with van der Waals surface area (Å²) in [6.07, 6.45) is 0.763. The minimum atomic E-state index is -0.985. The van der Waals surface area contributed by atoms with E-state index in [1.54, 1.807) is 6.07 Å². The summed E-state index contributed by atoms with van der Waals surface area (Å²) in [5, 5.41) is 12.2. The van der Waals surface area contributed by atoms with Crippen molar-refractivity contribution < 1.29 is 19.1 Å². The van der Waals surface area contributed by atoms with Crippen LogP contribution >= 0.6 is 11.6 Å². The third-order valence-corrected chi connectivity index (χ3v) is 4.78. The van der Waals surface area contributed by atoms with Crippen LogP contribution in [0.1, 0.15) is 32.3 Å². The van der Waals surface area contributed by atoms with Crippen LogP contribution in [0.25, 0.3) is 0 Å². The molecule has 0 fully saturated rings. The minimum absolute atomic E-state index is 0.0606. The molecule has 0 bridgehead atoms. The number of carboxylic acids is 1. The van der Waals surface area contributed by atoms with Crippen molar-refractivity contribution in [2.75, 3.05) is 0 Å². The van der Waals surface area contributed by atoms with Gasteiger partial charge in [-0.05, 0) is 38.8 Å². The lowest BCUT2D eigenvalue weighted by Gasteiger charge is -2.29. The molecule has 124 valence electrons. The topological polar surface area (TPSA) is 66.4 Å². The molecule has 1 amide bonds. The van der Waals surface area contributed by atoms with Crippen molar-refractivity contribution in [2.24, 2.45) is 11.8 Å². The molecule has 0 spiro atoms. The van der Waals surface area contributed by atoms with Crippen molar-refractivity contribution in [1.82, 2.24) is 5.32 Å². The van der Waals surface area contributed by atoms with Crippen molar-refractivity contribution in [2.45, 2.75) is 33.2 Å². The van der Waals surface area contributed by atoms with E-state index in [4.69, 9.17) is 11.6 Å². The highest BCUT2D eigenvalue weighted by atomic mass is 35.5. The van der Waals surface area contributed by atoms with Crippen LogP contribution in [-0.2, 0) is 16.1 Å². The number of halogens is 2. The first-order valence-electron chi connectivity index (χ1n) is 7.40. The molecule has 2 N–H and O–H groups in total. The Labute approximate surface area is 139 Å². The molecule has 0 aliphatic heterocycles. The summed E-state index contributed by atoms with van der Waals surface area (Å²) in [6, 6.07) is 4.30. The van der Waals surface area contributed by atoms with Crippen molar-refractivity contribution in [3.8, 4) is 0 Å². The van der Waals surface area contributed by atoms with Crippen molar-refractivity contribution in [3.63, 3.8) is 0 Å². The predicted molar refractivity (Wildman–Crippen MR) is 85.5 cm³/mol. The van der Waals surface area contributed by atoms with Crippen LogP contribution in [0.2, 0.25) is 5.02 Å². The molecule has 0 heterocycles. The standard InChI is InChI=1S/C17H19ClFNO3/c1-9-6-11(12(17(22)23)7-10(9)2)16(21)20-8-13-14(18)4-3-5-15(13)19/h3-5,11-12H,6-8H2,1-2H3,(H,20,21)(H,22,23)/t11-,12-/m1/s1. The van der Waals surface area contributed by atoms with Crippen LogP contribution in [0.3, 0.4) is 0 Å². The first kappa shape index (κ1) is 17.5. The van der Waals surface area contributed by atoms with E-state index < -0.39 is 23.6 Å². The molecular weight excluding hydrogens is 321 g/mol. The van der Waals surface area contributed by atoms with Crippen LogP contribution in [-0.4, -0.2) is 17.0 Å². The molecule has 6 heteroatoms. The molecule has 0 saturated heterocycles. The van der Waals surface area contributed by atoms with E-state index >= 15 is 0 Å². The van der Waals surface area contributed by atoms with Crippen molar-refractivity contribution in [3.05, 3.63) is 45.7 Å². The maximum atomic E-state index is 13.7. The third-order valence-electron chi connectivity index (χ3n) is 4.42. The summed E-state index contributed by atoms with van der Waals surface area (Å²) < 4.78 is 13.7. The number of carboxylic acid groups (broad SMARTS) is 1. The molecule has 2 rings (SSSR count). The summed E-state index contributed by atoms with van der Waals surface area (Å²) in [6.45, 7) is 3.73. The number of carbonyl (C=O) groups excluding carboxylic acids is 1. The minimum Gasteiger partial charge on any atom is -0.481 e. The zero-order valence-electron chi connectivity index (χ0n) is 13.0. The van der Waals surface area contributed by atoms with Gasteiger partial charge in [-0.25, -0.2) is 4.39 Å². The van der Waals surface area contributed by atoms with Gasteiger partial charge in [0.15, 0.2) is 0 Å². The Hall–Kier alpha value is -1.88. The Morgan fingerprint density at radius 1 is 1.26 bits per heavy atom. The molecule has 1 aliphatic rings. The molecule has 23 heavy (non-hydrogen) atoms. The van der Waals surface area contributed by atoms with Crippen LogP contribution in [0.4, 0.5) is 4.39 Å².